The van der Waals surface area contributed by atoms with E-state index in [1.165, 1.54) is 17.4 Å². The van der Waals surface area contributed by atoms with Crippen LogP contribution in [0.1, 0.15) is 10.4 Å². The van der Waals surface area contributed by atoms with E-state index in [9.17, 15) is 10.4 Å². The van der Waals surface area contributed by atoms with Gasteiger partial charge in [-0.15, -0.1) is 11.3 Å². The first-order chi connectivity index (χ1) is 16.5. The van der Waals surface area contributed by atoms with Crippen LogP contribution in [0.3, 0.4) is 0 Å². The van der Waals surface area contributed by atoms with Gasteiger partial charge in [-0.05, 0) is 54.2 Å². The van der Waals surface area contributed by atoms with Crippen molar-refractivity contribution in [3.63, 3.8) is 0 Å². The molecule has 0 bridgehead atoms. The largest absolute Gasteiger partial charge is 0.497 e. The molecule has 0 saturated heterocycles. The van der Waals surface area contributed by atoms with Crippen LogP contribution in [-0.2, 0) is 11.3 Å². The number of nitrogens with zero attached hydrogens (tertiary/aromatic N) is 4. The molecular weight excluding hydrogens is 476 g/mol. The topological polar surface area (TPSA) is 111 Å². The normalized spacial score (nSPS) is 16.4. The SMILES string of the molecule is COc1ccc(N=C2O/C(=C\c3sc(=S)n(Cc4ccc5c(c4)OCO5)c3O)N=C2C#N)cc1. The van der Waals surface area contributed by atoms with Gasteiger partial charge in [0.05, 0.1) is 24.2 Å². The quantitative estimate of drug-likeness (QED) is 0.510. The highest BCUT2D eigenvalue weighted by Gasteiger charge is 2.23. The number of aliphatic imine (C=N–C) groups is 2. The van der Waals surface area contributed by atoms with Crippen molar-refractivity contribution in [2.75, 3.05) is 13.9 Å². The van der Waals surface area contributed by atoms with Gasteiger partial charge in [-0.3, -0.25) is 4.57 Å². The fraction of sp³-hybridized carbons (Fsp3) is 0.130. The Morgan fingerprint density at radius 1 is 1.26 bits per heavy atom. The third-order valence-corrected chi connectivity index (χ3v) is 6.35. The van der Waals surface area contributed by atoms with E-state index in [1.54, 1.807) is 35.9 Å². The van der Waals surface area contributed by atoms with E-state index in [0.29, 0.717) is 38.3 Å². The summed E-state index contributed by atoms with van der Waals surface area (Å²) in [6.07, 6.45) is 1.53. The van der Waals surface area contributed by atoms with E-state index in [2.05, 4.69) is 9.98 Å². The first kappa shape index (κ1) is 21.7. The molecule has 0 saturated carbocycles. The summed E-state index contributed by atoms with van der Waals surface area (Å²) in [5, 5.41) is 20.2. The number of methoxy groups -OCH3 is 1. The van der Waals surface area contributed by atoms with Gasteiger partial charge in [-0.25, -0.2) is 4.99 Å². The summed E-state index contributed by atoms with van der Waals surface area (Å²) in [5.74, 6) is 2.20. The Balaban J connectivity index is 1.39. The third-order valence-electron chi connectivity index (χ3n) is 4.96. The standard InChI is InChI=1S/C23H16N4O5S2/c1-29-15-5-3-14(4-6-15)25-21-16(10-24)26-20(32-21)9-19-22(28)27(23(33)34-19)11-13-2-7-17-18(8-13)31-12-30-17/h2-9,28H,11-12H2,1H3/b20-9-,25-21?. The molecule has 1 N–H and O–H groups in total. The van der Waals surface area contributed by atoms with E-state index in [0.717, 1.165) is 5.56 Å². The van der Waals surface area contributed by atoms with Crippen molar-refractivity contribution < 1.29 is 24.1 Å². The zero-order valence-electron chi connectivity index (χ0n) is 17.7. The first-order valence-corrected chi connectivity index (χ1v) is 11.2. The number of nitriles is 1. The van der Waals surface area contributed by atoms with Gasteiger partial charge in [0.15, 0.2) is 15.5 Å². The Bertz CT molecular complexity index is 1460. The van der Waals surface area contributed by atoms with Crippen LogP contribution >= 0.6 is 23.6 Å². The van der Waals surface area contributed by atoms with Crippen LogP contribution in [0.15, 0.2) is 58.3 Å². The average molecular weight is 493 g/mol. The number of aromatic hydroxyl groups is 1. The molecule has 2 aliphatic rings. The van der Waals surface area contributed by atoms with E-state index in [1.807, 2.05) is 24.3 Å². The minimum atomic E-state index is -0.0296. The molecule has 0 radical (unpaired) electrons. The van der Waals surface area contributed by atoms with Gasteiger partial charge < -0.3 is 24.1 Å². The number of aromatic nitrogens is 1. The molecule has 170 valence electrons. The van der Waals surface area contributed by atoms with Crippen LogP contribution in [0, 0.1) is 15.3 Å². The van der Waals surface area contributed by atoms with Gasteiger partial charge in [-0.1, -0.05) is 6.07 Å². The highest BCUT2D eigenvalue weighted by atomic mass is 32.1. The zero-order valence-corrected chi connectivity index (χ0v) is 19.4. The van der Waals surface area contributed by atoms with Crippen LogP contribution in [-0.4, -0.2) is 35.2 Å². The Morgan fingerprint density at radius 2 is 2.06 bits per heavy atom. The monoisotopic (exact) mass is 492 g/mol. The molecule has 0 fully saturated rings. The maximum atomic E-state index is 10.8. The molecule has 9 nitrogen and oxygen atoms in total. The highest BCUT2D eigenvalue weighted by molar-refractivity contribution is 7.73. The second-order valence-electron chi connectivity index (χ2n) is 7.10. The number of ether oxygens (including phenoxy) is 4. The molecule has 5 rings (SSSR count). The van der Waals surface area contributed by atoms with Crippen molar-refractivity contribution in [1.29, 1.82) is 5.26 Å². The van der Waals surface area contributed by atoms with Crippen LogP contribution in [0.25, 0.3) is 6.08 Å². The summed E-state index contributed by atoms with van der Waals surface area (Å²) < 4.78 is 23.6. The Hall–Kier alpha value is -4.14. The second-order valence-corrected chi connectivity index (χ2v) is 8.78. The number of thiazole rings is 1. The average Bonchev–Trinajstić information content (AvgIpc) is 3.54. The summed E-state index contributed by atoms with van der Waals surface area (Å²) in [6, 6.07) is 14.5. The molecule has 2 aromatic carbocycles. The van der Waals surface area contributed by atoms with Gasteiger partial charge in [0.1, 0.15) is 11.8 Å². The van der Waals surface area contributed by atoms with E-state index < -0.39 is 0 Å². The molecule has 0 unspecified atom stereocenters. The number of fused-ring (bicyclic) bond motifs is 1. The predicted octanol–water partition coefficient (Wildman–Crippen LogP) is 4.79. The summed E-state index contributed by atoms with van der Waals surface area (Å²) in [5.41, 5.74) is 1.50. The maximum absolute atomic E-state index is 10.8. The molecule has 3 heterocycles. The number of benzene rings is 2. The van der Waals surface area contributed by atoms with Crippen molar-refractivity contribution >= 4 is 46.9 Å². The van der Waals surface area contributed by atoms with Crippen molar-refractivity contribution in [2.24, 2.45) is 9.98 Å². The molecule has 2 aliphatic heterocycles. The van der Waals surface area contributed by atoms with Crippen LogP contribution < -0.4 is 14.2 Å². The predicted molar refractivity (Wildman–Crippen MR) is 129 cm³/mol. The third kappa shape index (κ3) is 4.24. The molecule has 3 aromatic rings. The minimum absolute atomic E-state index is 0.0296. The van der Waals surface area contributed by atoms with Gasteiger partial charge >= 0.3 is 0 Å². The smallest absolute Gasteiger partial charge is 0.258 e. The molecule has 0 aliphatic carbocycles. The Kier molecular flexibility index (Phi) is 5.75. The lowest BCUT2D eigenvalue weighted by Crippen LogP contribution is -2.07. The van der Waals surface area contributed by atoms with Crippen molar-refractivity contribution in [1.82, 2.24) is 4.57 Å². The van der Waals surface area contributed by atoms with Crippen molar-refractivity contribution in [3.05, 3.63) is 62.7 Å². The van der Waals surface area contributed by atoms with Gasteiger partial charge in [0.2, 0.25) is 24.3 Å². The van der Waals surface area contributed by atoms with Crippen molar-refractivity contribution in [3.8, 4) is 29.2 Å². The number of hydrogen-bond acceptors (Lipinski definition) is 10. The Labute approximate surface area is 203 Å². The van der Waals surface area contributed by atoms with E-state index in [4.69, 9.17) is 31.2 Å². The number of rotatable bonds is 5. The highest BCUT2D eigenvalue weighted by Crippen LogP contribution is 2.35. The fourth-order valence-electron chi connectivity index (χ4n) is 3.29. The zero-order chi connectivity index (χ0) is 23.7. The summed E-state index contributed by atoms with van der Waals surface area (Å²) in [6.45, 7) is 0.535. The van der Waals surface area contributed by atoms with Crippen LogP contribution in [0.4, 0.5) is 5.69 Å². The van der Waals surface area contributed by atoms with Gasteiger partial charge in [0.25, 0.3) is 5.90 Å². The summed E-state index contributed by atoms with van der Waals surface area (Å²) in [7, 11) is 1.57. The molecule has 0 atom stereocenters. The molecule has 0 spiro atoms. The Morgan fingerprint density at radius 3 is 2.82 bits per heavy atom. The van der Waals surface area contributed by atoms with Crippen LogP contribution in [0.5, 0.6) is 23.1 Å². The maximum Gasteiger partial charge on any atom is 0.258 e. The lowest BCUT2D eigenvalue weighted by molar-refractivity contribution is 0.174. The summed E-state index contributed by atoms with van der Waals surface area (Å²) >= 11 is 6.65. The molecule has 11 heteroatoms. The van der Waals surface area contributed by atoms with Gasteiger partial charge in [-0.2, -0.15) is 10.3 Å². The molecule has 1 aromatic heterocycles. The molecule has 34 heavy (non-hydrogen) atoms. The summed E-state index contributed by atoms with van der Waals surface area (Å²) in [4.78, 5) is 8.97. The molecular formula is C23H16N4O5S2. The lowest BCUT2D eigenvalue weighted by atomic mass is 10.2. The second kappa shape index (κ2) is 9.01. The fourth-order valence-corrected chi connectivity index (χ4v) is 4.53. The van der Waals surface area contributed by atoms with E-state index in [-0.39, 0.29) is 30.2 Å². The lowest BCUT2D eigenvalue weighted by Gasteiger charge is -2.06. The van der Waals surface area contributed by atoms with Crippen molar-refractivity contribution in [2.45, 2.75) is 6.54 Å². The van der Waals surface area contributed by atoms with Crippen LogP contribution in [0.2, 0.25) is 0 Å². The van der Waals surface area contributed by atoms with E-state index >= 15 is 0 Å². The van der Waals surface area contributed by atoms with Gasteiger partial charge in [0, 0.05) is 6.08 Å². The number of hydrogen-bond donors (Lipinski definition) is 1. The minimum Gasteiger partial charge on any atom is -0.497 e. The first-order valence-electron chi connectivity index (χ1n) is 9.96. The molecule has 0 amide bonds.